The van der Waals surface area contributed by atoms with Crippen LogP contribution in [0.3, 0.4) is 0 Å². The van der Waals surface area contributed by atoms with Gasteiger partial charge in [0.1, 0.15) is 6.10 Å². The second-order valence-corrected chi connectivity index (χ2v) is 4.54. The predicted molar refractivity (Wildman–Crippen MR) is 78.1 cm³/mol. The van der Waals surface area contributed by atoms with E-state index in [9.17, 15) is 9.59 Å². The molecule has 2 aliphatic heterocycles. The van der Waals surface area contributed by atoms with E-state index in [0.717, 1.165) is 19.3 Å². The minimum absolute atomic E-state index is 0.0825. The fourth-order valence-electron chi connectivity index (χ4n) is 1.88. The monoisotopic (exact) mass is 285 g/mol. The van der Waals surface area contributed by atoms with Gasteiger partial charge >= 0.3 is 5.97 Å². The number of amides is 1. The molecule has 116 valence electrons. The molecule has 5 nitrogen and oxygen atoms in total. The van der Waals surface area contributed by atoms with Gasteiger partial charge in [0.25, 0.3) is 0 Å². The average molecular weight is 285 g/mol. The Morgan fingerprint density at radius 2 is 1.95 bits per heavy atom. The molecule has 2 aliphatic rings. The van der Waals surface area contributed by atoms with Crippen LogP contribution >= 0.6 is 0 Å². The van der Waals surface area contributed by atoms with Crippen molar-refractivity contribution in [3.63, 3.8) is 0 Å². The fraction of sp³-hybridized carbons (Fsp3) is 0.733. The van der Waals surface area contributed by atoms with Crippen LogP contribution in [0.25, 0.3) is 0 Å². The van der Waals surface area contributed by atoms with Gasteiger partial charge in [0.05, 0.1) is 5.92 Å². The first kappa shape index (κ1) is 18.6. The SMILES string of the molecule is C=CCCCCCO.CC.CC1C(=O)NC2C(=O)OC12. The zero-order chi connectivity index (χ0) is 15.5. The van der Waals surface area contributed by atoms with E-state index in [-0.39, 0.29) is 29.9 Å². The van der Waals surface area contributed by atoms with Gasteiger partial charge in [-0.15, -0.1) is 6.58 Å². The van der Waals surface area contributed by atoms with Crippen molar-refractivity contribution in [3.05, 3.63) is 12.7 Å². The molecule has 1 amide bonds. The number of nitrogens with one attached hydrogen (secondary N) is 1. The number of carbonyl (C=O) groups is 2. The van der Waals surface area contributed by atoms with Crippen molar-refractivity contribution in [1.29, 1.82) is 0 Å². The maximum Gasteiger partial charge on any atom is 0.332 e. The molecule has 2 heterocycles. The number of ether oxygens (including phenoxy) is 1. The summed E-state index contributed by atoms with van der Waals surface area (Å²) in [6.07, 6.45) is 6.04. The predicted octanol–water partition coefficient (Wildman–Crippen LogP) is 1.80. The number of carbonyl (C=O) groups excluding carboxylic acids is 2. The van der Waals surface area contributed by atoms with E-state index in [1.807, 2.05) is 19.9 Å². The zero-order valence-corrected chi connectivity index (χ0v) is 12.7. The summed E-state index contributed by atoms with van der Waals surface area (Å²) < 4.78 is 4.72. The summed E-state index contributed by atoms with van der Waals surface area (Å²) in [5, 5.41) is 10.9. The number of aliphatic hydroxyl groups excluding tert-OH is 1. The summed E-state index contributed by atoms with van der Waals surface area (Å²) in [7, 11) is 0. The molecule has 2 rings (SSSR count). The number of hydrogen-bond acceptors (Lipinski definition) is 4. The Bertz CT molecular complexity index is 317. The number of hydrogen-bond donors (Lipinski definition) is 2. The highest BCUT2D eigenvalue weighted by Gasteiger charge is 2.54. The minimum Gasteiger partial charge on any atom is -0.457 e. The number of fused-ring (bicyclic) bond motifs is 1. The number of esters is 1. The molecular weight excluding hydrogens is 258 g/mol. The maximum atomic E-state index is 10.8. The van der Waals surface area contributed by atoms with E-state index in [2.05, 4.69) is 11.9 Å². The standard InChI is InChI=1S/C7H14O.C6H7NO3.C2H6/c1-2-3-4-5-6-7-8;1-2-4-3(6(9)10-4)7-5(2)8;1-2/h2,8H,1,3-7H2;2-4H,1H3,(H,7,8);1-2H3. The molecule has 3 unspecified atom stereocenters. The molecule has 0 bridgehead atoms. The van der Waals surface area contributed by atoms with Crippen LogP contribution in [0.4, 0.5) is 0 Å². The Hall–Kier alpha value is -1.36. The molecule has 2 N–H and O–H groups in total. The third kappa shape index (κ3) is 5.33. The van der Waals surface area contributed by atoms with E-state index in [0.29, 0.717) is 6.61 Å². The Morgan fingerprint density at radius 3 is 2.35 bits per heavy atom. The van der Waals surface area contributed by atoms with E-state index < -0.39 is 0 Å². The molecule has 0 aromatic heterocycles. The lowest BCUT2D eigenvalue weighted by molar-refractivity contribution is -0.175. The largest absolute Gasteiger partial charge is 0.457 e. The topological polar surface area (TPSA) is 75.6 Å². The molecule has 0 aromatic carbocycles. The molecule has 2 saturated heterocycles. The van der Waals surface area contributed by atoms with Crippen LogP contribution < -0.4 is 5.32 Å². The van der Waals surface area contributed by atoms with Crippen LogP contribution in [0.1, 0.15) is 46.5 Å². The second kappa shape index (κ2) is 10.4. The smallest absolute Gasteiger partial charge is 0.332 e. The zero-order valence-electron chi connectivity index (χ0n) is 12.7. The van der Waals surface area contributed by atoms with E-state index in [1.165, 1.54) is 6.42 Å². The van der Waals surface area contributed by atoms with Crippen molar-refractivity contribution in [1.82, 2.24) is 5.32 Å². The fourth-order valence-corrected chi connectivity index (χ4v) is 1.88. The van der Waals surface area contributed by atoms with Gasteiger partial charge in [-0.1, -0.05) is 26.3 Å². The van der Waals surface area contributed by atoms with Gasteiger partial charge in [0.15, 0.2) is 6.04 Å². The summed E-state index contributed by atoms with van der Waals surface area (Å²) >= 11 is 0. The van der Waals surface area contributed by atoms with Crippen LogP contribution in [0, 0.1) is 5.92 Å². The minimum atomic E-state index is -0.345. The first-order valence-corrected chi connectivity index (χ1v) is 7.34. The van der Waals surface area contributed by atoms with Crippen molar-refractivity contribution in [2.75, 3.05) is 6.61 Å². The summed E-state index contributed by atoms with van der Waals surface area (Å²) in [6.45, 7) is 9.68. The van der Waals surface area contributed by atoms with Crippen LogP contribution in [0.5, 0.6) is 0 Å². The molecule has 0 radical (unpaired) electrons. The lowest BCUT2D eigenvalue weighted by Crippen LogP contribution is -2.53. The average Bonchev–Trinajstić information content (AvgIpc) is 2.70. The molecule has 20 heavy (non-hydrogen) atoms. The van der Waals surface area contributed by atoms with Gasteiger partial charge in [-0.25, -0.2) is 4.79 Å². The lowest BCUT2D eigenvalue weighted by Gasteiger charge is -2.29. The summed E-state index contributed by atoms with van der Waals surface area (Å²) in [4.78, 5) is 21.4. The van der Waals surface area contributed by atoms with Gasteiger partial charge < -0.3 is 15.2 Å². The van der Waals surface area contributed by atoms with Crippen molar-refractivity contribution < 1.29 is 19.4 Å². The molecule has 5 heteroatoms. The van der Waals surface area contributed by atoms with Crippen LogP contribution in [-0.2, 0) is 14.3 Å². The Morgan fingerprint density at radius 1 is 1.30 bits per heavy atom. The number of rotatable bonds is 5. The Balaban J connectivity index is 0.000000330. The molecule has 0 aliphatic carbocycles. The highest BCUT2D eigenvalue weighted by molar-refractivity contribution is 5.95. The maximum absolute atomic E-state index is 10.8. The molecule has 0 aromatic rings. The third-order valence-corrected chi connectivity index (χ3v) is 3.11. The quantitative estimate of drug-likeness (QED) is 0.459. The summed E-state index contributed by atoms with van der Waals surface area (Å²) in [6, 6.07) is -0.345. The van der Waals surface area contributed by atoms with Crippen LogP contribution in [0.15, 0.2) is 12.7 Å². The number of aliphatic hydroxyl groups is 1. The van der Waals surface area contributed by atoms with Crippen LogP contribution in [-0.4, -0.2) is 35.7 Å². The Kier molecular flexibility index (Phi) is 9.72. The van der Waals surface area contributed by atoms with Gasteiger partial charge in [-0.3, -0.25) is 4.79 Å². The summed E-state index contributed by atoms with van der Waals surface area (Å²) in [5.74, 6) is -0.550. The number of unbranched alkanes of at least 4 members (excludes halogenated alkanes) is 3. The van der Waals surface area contributed by atoms with Gasteiger partial charge in [0, 0.05) is 6.61 Å². The van der Waals surface area contributed by atoms with Crippen molar-refractivity contribution >= 4 is 11.9 Å². The van der Waals surface area contributed by atoms with Crippen LogP contribution in [0.2, 0.25) is 0 Å². The first-order chi connectivity index (χ1) is 9.61. The highest BCUT2D eigenvalue weighted by Crippen LogP contribution is 2.28. The molecule has 3 atom stereocenters. The molecule has 2 fully saturated rings. The van der Waals surface area contributed by atoms with Gasteiger partial charge in [-0.2, -0.15) is 0 Å². The first-order valence-electron chi connectivity index (χ1n) is 7.34. The van der Waals surface area contributed by atoms with Crippen molar-refractivity contribution in [2.24, 2.45) is 5.92 Å². The lowest BCUT2D eigenvalue weighted by atomic mass is 9.99. The molecule has 0 saturated carbocycles. The molecular formula is C15H27NO4. The second-order valence-electron chi connectivity index (χ2n) is 4.54. The van der Waals surface area contributed by atoms with Gasteiger partial charge in [-0.05, 0) is 26.2 Å². The Labute approximate surface area is 121 Å². The third-order valence-electron chi connectivity index (χ3n) is 3.11. The van der Waals surface area contributed by atoms with E-state index in [4.69, 9.17) is 9.84 Å². The van der Waals surface area contributed by atoms with Crippen molar-refractivity contribution in [3.8, 4) is 0 Å². The summed E-state index contributed by atoms with van der Waals surface area (Å²) in [5.41, 5.74) is 0. The normalized spacial score (nSPS) is 25.7. The van der Waals surface area contributed by atoms with E-state index >= 15 is 0 Å². The van der Waals surface area contributed by atoms with Gasteiger partial charge in [0.2, 0.25) is 5.91 Å². The number of allylic oxidation sites excluding steroid dienone is 1. The van der Waals surface area contributed by atoms with E-state index in [1.54, 1.807) is 6.92 Å². The molecule has 0 spiro atoms. The highest BCUT2D eigenvalue weighted by atomic mass is 16.6. The van der Waals surface area contributed by atoms with Crippen molar-refractivity contribution in [2.45, 2.75) is 58.6 Å².